The largest absolute Gasteiger partial charge is 0.483 e. The van der Waals surface area contributed by atoms with Gasteiger partial charge >= 0.3 is 0 Å². The molecule has 0 saturated carbocycles. The maximum atomic E-state index is 12.7. The van der Waals surface area contributed by atoms with Gasteiger partial charge in [-0.05, 0) is 48.0 Å². The van der Waals surface area contributed by atoms with Gasteiger partial charge in [-0.3, -0.25) is 24.3 Å². The molecule has 1 N–H and O–H groups in total. The average Bonchev–Trinajstić information content (AvgIpc) is 2.55. The predicted octanol–water partition coefficient (Wildman–Crippen LogP) is 3.54. The number of nitrogens with one attached hydrogen (secondary N) is 1. The molecule has 9 heteroatoms. The number of pyridine rings is 1. The molecule has 2 aromatic rings. The van der Waals surface area contributed by atoms with E-state index >= 15 is 0 Å². The van der Waals surface area contributed by atoms with Crippen molar-refractivity contribution in [3.8, 4) is 5.75 Å². The van der Waals surface area contributed by atoms with Crippen LogP contribution in [-0.4, -0.2) is 21.0 Å². The molecule has 0 fully saturated rings. The van der Waals surface area contributed by atoms with Crippen molar-refractivity contribution in [3.05, 3.63) is 67.0 Å². The van der Waals surface area contributed by atoms with Gasteiger partial charge in [-0.1, -0.05) is 0 Å². The van der Waals surface area contributed by atoms with Crippen molar-refractivity contribution in [2.24, 2.45) is 0 Å². The number of hydrogen-bond acceptors (Lipinski definition) is 5. The van der Waals surface area contributed by atoms with Gasteiger partial charge in [0.25, 0.3) is 11.2 Å². The number of benzene rings is 1. The number of nitro groups is 1. The molecule has 0 bridgehead atoms. The van der Waals surface area contributed by atoms with Crippen LogP contribution in [0.5, 0.6) is 5.75 Å². The first kappa shape index (κ1) is 18.8. The molecule has 3 rings (SSSR count). The number of ether oxygens (including phenoxy) is 1. The topological polar surface area (TPSA) is 103 Å². The number of carbonyl (C=O) groups is 1. The van der Waals surface area contributed by atoms with E-state index in [2.05, 4.69) is 21.2 Å². The normalized spacial score (nSPS) is 14.6. The second kappa shape index (κ2) is 6.66. The Hall–Kier alpha value is -2.94. The number of aromatic nitrogens is 1. The van der Waals surface area contributed by atoms with Gasteiger partial charge in [-0.15, -0.1) is 0 Å². The zero-order chi connectivity index (χ0) is 19.9. The Morgan fingerprint density at radius 3 is 2.67 bits per heavy atom. The number of carbonyl (C=O) groups excluding carboxylic acids is 1. The Kier molecular flexibility index (Phi) is 4.64. The lowest BCUT2D eigenvalue weighted by Crippen LogP contribution is -2.32. The van der Waals surface area contributed by atoms with Crippen LogP contribution in [-0.2, 0) is 4.79 Å². The summed E-state index contributed by atoms with van der Waals surface area (Å²) in [6.45, 7) is 4.99. The molecule has 0 spiro atoms. The summed E-state index contributed by atoms with van der Waals surface area (Å²) in [5.74, 6) is 0.139. The highest BCUT2D eigenvalue weighted by Crippen LogP contribution is 2.38. The molecular formula is C18H16BrN3O5. The first-order valence-corrected chi connectivity index (χ1v) is 8.77. The summed E-state index contributed by atoms with van der Waals surface area (Å²) in [5.41, 5.74) is 0.0269. The van der Waals surface area contributed by atoms with Gasteiger partial charge in [0, 0.05) is 30.8 Å². The van der Waals surface area contributed by atoms with E-state index < -0.39 is 10.5 Å². The van der Waals surface area contributed by atoms with Crippen molar-refractivity contribution in [2.45, 2.75) is 26.4 Å². The highest BCUT2D eigenvalue weighted by atomic mass is 79.9. The number of amides is 1. The Morgan fingerprint density at radius 1 is 1.33 bits per heavy atom. The molecule has 1 aromatic carbocycles. The lowest BCUT2D eigenvalue weighted by Gasteiger charge is -2.31. The molecule has 0 atom stereocenters. The summed E-state index contributed by atoms with van der Waals surface area (Å²) in [6.07, 6.45) is 3.19. The maximum Gasteiger partial charge on any atom is 0.270 e. The van der Waals surface area contributed by atoms with E-state index in [1.165, 1.54) is 42.0 Å². The van der Waals surface area contributed by atoms with E-state index in [1.54, 1.807) is 6.08 Å². The molecule has 0 unspecified atom stereocenters. The minimum absolute atomic E-state index is 0.118. The first-order valence-electron chi connectivity index (χ1n) is 7.98. The molecule has 8 nitrogen and oxygen atoms in total. The second-order valence-corrected chi connectivity index (χ2v) is 7.46. The molecule has 1 amide bonds. The van der Waals surface area contributed by atoms with E-state index in [0.29, 0.717) is 22.7 Å². The van der Waals surface area contributed by atoms with Crippen LogP contribution in [0.4, 0.5) is 11.4 Å². The van der Waals surface area contributed by atoms with Crippen LogP contribution in [0.3, 0.4) is 0 Å². The summed E-state index contributed by atoms with van der Waals surface area (Å²) >= 11 is 3.21. The molecule has 27 heavy (non-hydrogen) atoms. The third-order valence-electron chi connectivity index (χ3n) is 3.86. The number of nitrogens with zero attached hydrogens (tertiary/aromatic N) is 2. The summed E-state index contributed by atoms with van der Waals surface area (Å²) in [6, 6.07) is 5.73. The number of anilines is 1. The Morgan fingerprint density at radius 2 is 2.04 bits per heavy atom. The second-order valence-electron chi connectivity index (χ2n) is 6.61. The van der Waals surface area contributed by atoms with Crippen molar-refractivity contribution in [2.75, 3.05) is 5.32 Å². The summed E-state index contributed by atoms with van der Waals surface area (Å²) in [5, 5.41) is 13.8. The highest BCUT2D eigenvalue weighted by Gasteiger charge is 2.29. The van der Waals surface area contributed by atoms with Gasteiger partial charge in [-0.2, -0.15) is 0 Å². The number of rotatable bonds is 3. The van der Waals surface area contributed by atoms with Gasteiger partial charge in [-0.25, -0.2) is 0 Å². The Bertz CT molecular complexity index is 1060. The fourth-order valence-corrected chi connectivity index (χ4v) is 3.28. The third kappa shape index (κ3) is 3.77. The molecule has 0 radical (unpaired) electrons. The smallest absolute Gasteiger partial charge is 0.270 e. The van der Waals surface area contributed by atoms with Crippen LogP contribution in [0.2, 0.25) is 0 Å². The highest BCUT2D eigenvalue weighted by molar-refractivity contribution is 9.10. The van der Waals surface area contributed by atoms with E-state index in [1.807, 2.05) is 13.8 Å². The molecule has 140 valence electrons. The van der Waals surface area contributed by atoms with Crippen molar-refractivity contribution in [1.29, 1.82) is 0 Å². The lowest BCUT2D eigenvalue weighted by atomic mass is 9.98. The minimum Gasteiger partial charge on any atom is -0.483 e. The van der Waals surface area contributed by atoms with Crippen LogP contribution in [0, 0.1) is 10.1 Å². The van der Waals surface area contributed by atoms with Gasteiger partial charge in [0.1, 0.15) is 11.4 Å². The molecule has 1 aliphatic heterocycles. The van der Waals surface area contributed by atoms with Crippen LogP contribution < -0.4 is 15.6 Å². The average molecular weight is 434 g/mol. The first-order chi connectivity index (χ1) is 12.6. The standard InChI is InChI=1S/C18H16BrN3O5/c1-10(23)20-11-6-14(19)17(24)21(9-11)15-8-18(2,3)27-16-5-4-12(22(25)26)7-13(15)16/h4-9H,1-3H3,(H,20,23). The van der Waals surface area contributed by atoms with E-state index in [9.17, 15) is 19.7 Å². The number of nitro benzene ring substituents is 1. The maximum absolute atomic E-state index is 12.7. The van der Waals surface area contributed by atoms with Crippen LogP contribution in [0.1, 0.15) is 26.3 Å². The molecule has 1 aliphatic rings. The fraction of sp³-hybridized carbons (Fsp3) is 0.222. The molecule has 0 saturated heterocycles. The molecule has 1 aromatic heterocycles. The van der Waals surface area contributed by atoms with E-state index in [-0.39, 0.29) is 21.6 Å². The third-order valence-corrected chi connectivity index (χ3v) is 4.43. The minimum atomic E-state index is -0.742. The number of halogens is 1. The number of non-ortho nitro benzene ring substituents is 1. The lowest BCUT2D eigenvalue weighted by molar-refractivity contribution is -0.384. The summed E-state index contributed by atoms with van der Waals surface area (Å²) in [4.78, 5) is 34.8. The van der Waals surface area contributed by atoms with Gasteiger partial charge in [0.05, 0.1) is 20.8 Å². The van der Waals surface area contributed by atoms with Crippen LogP contribution in [0.15, 0.2) is 45.8 Å². The Balaban J connectivity index is 2.27. The van der Waals surface area contributed by atoms with Gasteiger partial charge in [0.15, 0.2) is 0 Å². The van der Waals surface area contributed by atoms with Gasteiger partial charge < -0.3 is 10.1 Å². The van der Waals surface area contributed by atoms with Crippen LogP contribution >= 0.6 is 15.9 Å². The zero-order valence-electron chi connectivity index (χ0n) is 14.8. The molecule has 2 heterocycles. The van der Waals surface area contributed by atoms with E-state index in [4.69, 9.17) is 4.74 Å². The number of hydrogen-bond donors (Lipinski definition) is 1. The predicted molar refractivity (Wildman–Crippen MR) is 104 cm³/mol. The van der Waals surface area contributed by atoms with Crippen molar-refractivity contribution in [3.63, 3.8) is 0 Å². The quantitative estimate of drug-likeness (QED) is 0.588. The zero-order valence-corrected chi connectivity index (χ0v) is 16.4. The van der Waals surface area contributed by atoms with Crippen LogP contribution in [0.25, 0.3) is 5.70 Å². The van der Waals surface area contributed by atoms with Crippen molar-refractivity contribution in [1.82, 2.24) is 4.57 Å². The van der Waals surface area contributed by atoms with Crippen molar-refractivity contribution < 1.29 is 14.5 Å². The SMILES string of the molecule is CC(=O)Nc1cc(Br)c(=O)n(C2=CC(C)(C)Oc3ccc([N+](=O)[O-])cc32)c1. The monoisotopic (exact) mass is 433 g/mol. The van der Waals surface area contributed by atoms with E-state index in [0.717, 1.165) is 0 Å². The van der Waals surface area contributed by atoms with Crippen molar-refractivity contribution >= 4 is 38.9 Å². The molecular weight excluding hydrogens is 418 g/mol. The molecule has 0 aliphatic carbocycles. The Labute approximate surface area is 162 Å². The summed E-state index contributed by atoms with van der Waals surface area (Å²) < 4.78 is 7.45. The fourth-order valence-electron chi connectivity index (χ4n) is 2.84. The number of fused-ring (bicyclic) bond motifs is 1. The van der Waals surface area contributed by atoms with Gasteiger partial charge in [0.2, 0.25) is 5.91 Å². The summed E-state index contributed by atoms with van der Waals surface area (Å²) in [7, 11) is 0.